The number of rotatable bonds is 15. The first kappa shape index (κ1) is 69.6. The van der Waals surface area contributed by atoms with Gasteiger partial charge >= 0.3 is 35.9 Å². The van der Waals surface area contributed by atoms with Crippen LogP contribution in [-0.2, 0) is 42.1 Å². The number of halogens is 7. The Labute approximate surface area is 463 Å². The molecule has 0 saturated carbocycles. The molecule has 3 aromatic carbocycles. The SMILES string of the molecule is CC(C)Oc1cc(-n2nc(C(C)(C)C)oc2=O)c(Cl)cc1Cl.COc1c(Cl)ccc(Cl)c1C(=O)O.COc1nc(C)nc(NC(=O)NS(=O)(=O)c2ccccc2CCC(F)(F)F)n1.C[S+](C)C.O=C(O)CNCP(=O)([O-])O. The smallest absolute Gasteiger partial charge is 0.442 e. The zero-order valence-corrected chi connectivity index (χ0v) is 48.5. The molecule has 0 aliphatic rings. The second-order valence-electron chi connectivity index (χ2n) is 16.8. The molecule has 0 aliphatic heterocycles. The quantitative estimate of drug-likeness (QED) is 0.0430. The third-order valence-corrected chi connectivity index (χ3v) is 11.4. The summed E-state index contributed by atoms with van der Waals surface area (Å²) in [4.78, 5) is 73.5. The van der Waals surface area contributed by atoms with Gasteiger partial charge in [0.1, 0.15) is 24.7 Å². The second-order valence-corrected chi connectivity index (χ2v) is 24.1. The zero-order chi connectivity index (χ0) is 59.4. The number of nitrogens with one attached hydrogen (secondary N) is 3. The average molecular weight is 1230 g/mol. The maximum Gasteiger partial charge on any atom is 0.442 e. The van der Waals surface area contributed by atoms with Crippen molar-refractivity contribution >= 4 is 98.8 Å². The number of hydrogen-bond donors (Lipinski definition) is 6. The number of hydrogen-bond acceptors (Lipinski definition) is 17. The lowest BCUT2D eigenvalue weighted by Crippen LogP contribution is -2.35. The Morgan fingerprint density at radius 3 is 1.99 bits per heavy atom. The van der Waals surface area contributed by atoms with Gasteiger partial charge in [-0.15, -0.1) is 5.10 Å². The standard InChI is InChI=1S/C15H18Cl2N2O3.C15H16F3N5O4S.C8H6Cl2O3.C3H8NO5P.C3H9S/c1-8(2)21-12-7-11(9(16)6-10(12)17)19-14(20)22-13(18-19)15(3,4)5;1-9-19-12(22-14(20-9)27-2)21-13(24)23-28(25,26)11-6-4-3-5-10(11)7-8-15(16,17)18;1-13-7-5(10)3-2-4(9)6(7)8(11)12;5-3(6)1-4-2-10(7,8)9;1-4(2)3/h6-8H,1-5H3;3-6H,7-8H2,1-2H3,(H2,19,20,21,22,23,24);2-3H,1H3,(H,11,12);4H,1-2H2,(H,5,6)(H2,7,8,9);1-3H3/q;;;;+1/p-1. The summed E-state index contributed by atoms with van der Waals surface area (Å²) in [5, 5.41) is 26.1. The fraction of sp³-hybridized carbons (Fsp3) is 0.409. The molecule has 0 fully saturated rings. The van der Waals surface area contributed by atoms with Crippen LogP contribution in [0.3, 0.4) is 0 Å². The maximum absolute atomic E-state index is 12.5. The first-order chi connectivity index (χ1) is 35.3. The van der Waals surface area contributed by atoms with Crippen molar-refractivity contribution in [3.63, 3.8) is 0 Å². The number of methoxy groups -OCH3 is 2. The number of aromatic carboxylic acids is 1. The van der Waals surface area contributed by atoms with Gasteiger partial charge in [0.25, 0.3) is 10.0 Å². The van der Waals surface area contributed by atoms with E-state index in [4.69, 9.17) is 80.1 Å². The predicted octanol–water partition coefficient (Wildman–Crippen LogP) is 7.77. The molecule has 77 heavy (non-hydrogen) atoms. The number of sulfonamides is 1. The van der Waals surface area contributed by atoms with E-state index in [1.807, 2.05) is 39.9 Å². The summed E-state index contributed by atoms with van der Waals surface area (Å²) in [7, 11) is -5.51. The largest absolute Gasteiger partial charge is 0.778 e. The van der Waals surface area contributed by atoms with Gasteiger partial charge in [0.15, 0.2) is 5.75 Å². The van der Waals surface area contributed by atoms with Crippen LogP contribution in [0.2, 0.25) is 20.1 Å². The lowest BCUT2D eigenvalue weighted by Gasteiger charge is -2.14. The van der Waals surface area contributed by atoms with Gasteiger partial charge in [-0.2, -0.15) is 32.8 Å². The highest BCUT2D eigenvalue weighted by Gasteiger charge is 2.29. The number of ether oxygens (including phenoxy) is 3. The number of aryl methyl sites for hydroxylation is 2. The minimum Gasteiger partial charge on any atom is -0.778 e. The number of benzene rings is 3. The van der Waals surface area contributed by atoms with E-state index >= 15 is 0 Å². The van der Waals surface area contributed by atoms with Crippen LogP contribution < -0.4 is 40.2 Å². The van der Waals surface area contributed by atoms with Gasteiger partial charge in [0, 0.05) is 17.9 Å². The Hall–Kier alpha value is -5.42. The highest BCUT2D eigenvalue weighted by molar-refractivity contribution is 7.94. The van der Waals surface area contributed by atoms with Crippen LogP contribution in [0.5, 0.6) is 17.5 Å². The molecule has 2 amide bonds. The molecule has 0 bridgehead atoms. The first-order valence-electron chi connectivity index (χ1n) is 21.5. The minimum atomic E-state index is -4.45. The second kappa shape index (κ2) is 31.2. The number of urea groups is 1. The molecule has 0 saturated heterocycles. The average Bonchev–Trinajstić information content (AvgIpc) is 3.68. The lowest BCUT2D eigenvalue weighted by atomic mass is 9.97. The number of carboxylic acid groups (broad SMARTS) is 2. The molecule has 33 heteroatoms. The number of aromatic nitrogens is 5. The fourth-order valence-electron chi connectivity index (χ4n) is 5.15. The van der Waals surface area contributed by atoms with Gasteiger partial charge < -0.3 is 43.2 Å². The molecule has 2 aromatic heterocycles. The molecule has 1 atom stereocenters. The van der Waals surface area contributed by atoms with Crippen molar-refractivity contribution in [1.82, 2.24) is 34.8 Å². The van der Waals surface area contributed by atoms with Crippen molar-refractivity contribution in [3.05, 3.63) is 102 Å². The number of alkyl halides is 3. The van der Waals surface area contributed by atoms with E-state index in [0.29, 0.717) is 33.2 Å². The van der Waals surface area contributed by atoms with E-state index < -0.39 is 78.1 Å². The van der Waals surface area contributed by atoms with Crippen molar-refractivity contribution in [3.8, 4) is 23.2 Å². The highest BCUT2D eigenvalue weighted by Crippen LogP contribution is 2.35. The Balaban J connectivity index is 0.000000535. The predicted molar refractivity (Wildman–Crippen MR) is 283 cm³/mol. The molecule has 0 spiro atoms. The van der Waals surface area contributed by atoms with Crippen LogP contribution in [0.1, 0.15) is 68.7 Å². The van der Waals surface area contributed by atoms with E-state index in [1.165, 1.54) is 57.5 Å². The number of aliphatic carboxylic acids is 1. The number of carbonyl (C=O) groups is 3. The summed E-state index contributed by atoms with van der Waals surface area (Å²) in [5.74, 6) is -2.15. The van der Waals surface area contributed by atoms with Gasteiger partial charge in [-0.25, -0.2) is 27.5 Å². The summed E-state index contributed by atoms with van der Waals surface area (Å²) in [6, 6.07) is 9.81. The summed E-state index contributed by atoms with van der Waals surface area (Å²) in [5.41, 5.74) is -0.207. The van der Waals surface area contributed by atoms with Crippen LogP contribution in [0, 0.1) is 6.92 Å². The summed E-state index contributed by atoms with van der Waals surface area (Å²) in [6.07, 6.45) is -0.385. The first-order valence-corrected chi connectivity index (χ1v) is 28.7. The van der Waals surface area contributed by atoms with E-state index in [2.05, 4.69) is 44.1 Å². The van der Waals surface area contributed by atoms with Crippen LogP contribution >= 0.6 is 54.0 Å². The molecule has 23 nitrogen and oxygen atoms in total. The van der Waals surface area contributed by atoms with Crippen LogP contribution in [0.4, 0.5) is 23.9 Å². The summed E-state index contributed by atoms with van der Waals surface area (Å²) >= 11 is 23.7. The molecular formula is C44H56Cl4F3N8O15PS2. The van der Waals surface area contributed by atoms with Crippen LogP contribution in [0.25, 0.3) is 5.69 Å². The molecule has 1 unspecified atom stereocenters. The van der Waals surface area contributed by atoms with E-state index in [1.54, 1.807) is 10.8 Å². The molecule has 5 aromatic rings. The van der Waals surface area contributed by atoms with Gasteiger partial charge in [0.2, 0.25) is 11.8 Å². The topological polar surface area (TPSA) is 337 Å². The minimum absolute atomic E-state index is 0.0642. The third kappa shape index (κ3) is 26.2. The van der Waals surface area contributed by atoms with Crippen molar-refractivity contribution in [1.29, 1.82) is 0 Å². The van der Waals surface area contributed by atoms with Crippen LogP contribution in [-0.4, -0.2) is 124 Å². The zero-order valence-electron chi connectivity index (χ0n) is 42.9. The number of carbonyl (C=O) groups excluding carboxylic acids is 1. The van der Waals surface area contributed by atoms with Crippen molar-refractivity contribution in [2.75, 3.05) is 51.1 Å². The van der Waals surface area contributed by atoms with Gasteiger partial charge in [-0.1, -0.05) is 85.4 Å². The number of anilines is 1. The normalized spacial score (nSPS) is 11.9. The Morgan fingerprint density at radius 1 is 0.922 bits per heavy atom. The molecule has 0 aliphatic carbocycles. The van der Waals surface area contributed by atoms with Crippen molar-refractivity contribution in [2.45, 2.75) is 77.0 Å². The Kier molecular flexibility index (Phi) is 28.2. The van der Waals surface area contributed by atoms with Crippen LogP contribution in [0.15, 0.2) is 62.6 Å². The molecule has 0 radical (unpaired) electrons. The molecule has 5 rings (SSSR count). The van der Waals surface area contributed by atoms with E-state index in [0.717, 1.165) is 10.7 Å². The summed E-state index contributed by atoms with van der Waals surface area (Å²) in [6.45, 7) is 10.5. The third-order valence-electron chi connectivity index (χ3n) is 8.15. The number of carboxylic acids is 2. The van der Waals surface area contributed by atoms with Gasteiger partial charge in [0.05, 0.1) is 82.6 Å². The highest BCUT2D eigenvalue weighted by atomic mass is 35.5. The lowest BCUT2D eigenvalue weighted by molar-refractivity contribution is -0.193. The Morgan fingerprint density at radius 2 is 1.51 bits per heavy atom. The number of amides is 2. The fourth-order valence-corrected chi connectivity index (χ4v) is 7.70. The number of nitrogens with zero attached hydrogens (tertiary/aromatic N) is 5. The molecular weight excluding hydrogens is 1170 g/mol. The Bertz CT molecular complexity index is 3010. The molecule has 2 heterocycles. The van der Waals surface area contributed by atoms with Gasteiger partial charge in [-0.05, 0) is 67.9 Å². The van der Waals surface area contributed by atoms with E-state index in [9.17, 15) is 50.2 Å². The van der Waals surface area contributed by atoms with Gasteiger partial charge in [-0.3, -0.25) is 15.4 Å². The molecule has 428 valence electrons. The maximum atomic E-state index is 12.5. The van der Waals surface area contributed by atoms with Crippen molar-refractivity contribution in [2.24, 2.45) is 0 Å². The summed E-state index contributed by atoms with van der Waals surface area (Å²) < 4.78 is 95.5. The molecule has 6 N–H and O–H groups in total. The monoisotopic (exact) mass is 1230 g/mol. The van der Waals surface area contributed by atoms with E-state index in [-0.39, 0.29) is 61.2 Å². The van der Waals surface area contributed by atoms with Crippen molar-refractivity contribution < 1.29 is 79.2 Å².